The van der Waals surface area contributed by atoms with Crippen molar-refractivity contribution in [1.82, 2.24) is 10.3 Å². The van der Waals surface area contributed by atoms with Crippen molar-refractivity contribution in [2.45, 2.75) is 12.8 Å². The van der Waals surface area contributed by atoms with E-state index in [9.17, 15) is 4.79 Å². The van der Waals surface area contributed by atoms with E-state index in [1.54, 1.807) is 36.9 Å². The number of carbonyl (C=O) groups is 1. The molecule has 8 heteroatoms. The molecule has 27 heavy (non-hydrogen) atoms. The molecule has 142 valence electrons. The predicted octanol–water partition coefficient (Wildman–Crippen LogP) is 4.55. The largest absolute Gasteiger partial charge is 0.493 e. The molecule has 1 amide bonds. The first-order valence-electron chi connectivity index (χ1n) is 8.26. The highest BCUT2D eigenvalue weighted by atomic mass is 79.9. The molecule has 0 saturated heterocycles. The fraction of sp³-hybridized carbons (Fsp3) is 0.263. The molecule has 0 fully saturated rings. The number of halogens is 1. The number of thiophene rings is 1. The van der Waals surface area contributed by atoms with E-state index >= 15 is 0 Å². The first kappa shape index (κ1) is 19.9. The summed E-state index contributed by atoms with van der Waals surface area (Å²) in [6, 6.07) is 7.83. The van der Waals surface area contributed by atoms with E-state index in [1.165, 1.54) is 0 Å². The topological polar surface area (TPSA) is 60.5 Å². The lowest BCUT2D eigenvalue weighted by atomic mass is 10.1. The van der Waals surface area contributed by atoms with Crippen molar-refractivity contribution in [2.75, 3.05) is 20.8 Å². The van der Waals surface area contributed by atoms with Crippen LogP contribution in [0.25, 0.3) is 9.88 Å². The smallest absolute Gasteiger partial charge is 0.226 e. The van der Waals surface area contributed by atoms with Gasteiger partial charge >= 0.3 is 0 Å². The molecule has 0 spiro atoms. The van der Waals surface area contributed by atoms with Gasteiger partial charge in [-0.15, -0.1) is 22.7 Å². The van der Waals surface area contributed by atoms with Crippen molar-refractivity contribution < 1.29 is 14.3 Å². The maximum Gasteiger partial charge on any atom is 0.226 e. The van der Waals surface area contributed by atoms with Crippen LogP contribution in [-0.2, 0) is 17.6 Å². The van der Waals surface area contributed by atoms with Crippen LogP contribution in [0.4, 0.5) is 0 Å². The maximum absolute atomic E-state index is 12.2. The van der Waals surface area contributed by atoms with Crippen LogP contribution in [-0.4, -0.2) is 31.7 Å². The molecule has 0 aliphatic carbocycles. The van der Waals surface area contributed by atoms with Gasteiger partial charge in [0.05, 0.1) is 31.2 Å². The second kappa shape index (κ2) is 9.34. The fourth-order valence-electron chi connectivity index (χ4n) is 2.55. The Labute approximate surface area is 174 Å². The van der Waals surface area contributed by atoms with Crippen molar-refractivity contribution in [3.8, 4) is 21.4 Å². The van der Waals surface area contributed by atoms with Gasteiger partial charge in [0, 0.05) is 16.4 Å². The fourth-order valence-corrected chi connectivity index (χ4v) is 4.71. The number of aromatic nitrogens is 1. The molecule has 5 nitrogen and oxygen atoms in total. The van der Waals surface area contributed by atoms with E-state index in [-0.39, 0.29) is 12.3 Å². The Bertz CT molecular complexity index is 910. The van der Waals surface area contributed by atoms with Gasteiger partial charge in [0.25, 0.3) is 0 Å². The van der Waals surface area contributed by atoms with Gasteiger partial charge in [0.1, 0.15) is 5.01 Å². The molecule has 0 aliphatic rings. The number of thiazole rings is 1. The SMILES string of the molecule is COc1cc(Br)c(CCNC(=O)Cc2csc(-c3cccs3)n2)cc1OC. The Morgan fingerprint density at radius 1 is 1.22 bits per heavy atom. The molecular weight excluding hydrogens is 448 g/mol. The van der Waals surface area contributed by atoms with E-state index in [0.29, 0.717) is 24.5 Å². The van der Waals surface area contributed by atoms with Gasteiger partial charge in [-0.1, -0.05) is 22.0 Å². The molecular formula is C19H19BrN2O3S2. The average molecular weight is 467 g/mol. The highest BCUT2D eigenvalue weighted by Crippen LogP contribution is 2.33. The molecule has 2 aromatic heterocycles. The van der Waals surface area contributed by atoms with Gasteiger partial charge < -0.3 is 14.8 Å². The van der Waals surface area contributed by atoms with Gasteiger partial charge in [-0.05, 0) is 35.6 Å². The molecule has 1 aromatic carbocycles. The highest BCUT2D eigenvalue weighted by Gasteiger charge is 2.12. The van der Waals surface area contributed by atoms with Crippen molar-refractivity contribution in [3.05, 3.63) is 50.8 Å². The molecule has 0 radical (unpaired) electrons. The van der Waals surface area contributed by atoms with Gasteiger partial charge in [-0.25, -0.2) is 4.98 Å². The maximum atomic E-state index is 12.2. The number of amides is 1. The quantitative estimate of drug-likeness (QED) is 0.528. The third kappa shape index (κ3) is 5.09. The second-order valence-electron chi connectivity index (χ2n) is 5.70. The second-order valence-corrected chi connectivity index (χ2v) is 8.36. The lowest BCUT2D eigenvalue weighted by Crippen LogP contribution is -2.27. The first-order valence-corrected chi connectivity index (χ1v) is 10.8. The molecule has 0 atom stereocenters. The number of benzene rings is 1. The summed E-state index contributed by atoms with van der Waals surface area (Å²) in [6.45, 7) is 0.537. The molecule has 0 unspecified atom stereocenters. The van der Waals surface area contributed by atoms with E-state index in [1.807, 2.05) is 35.0 Å². The monoisotopic (exact) mass is 466 g/mol. The standard InChI is InChI=1S/C19H19BrN2O3S2/c1-24-15-8-12(14(20)10-16(15)25-2)5-6-21-18(23)9-13-11-27-19(22-13)17-4-3-7-26-17/h3-4,7-8,10-11H,5-6,9H2,1-2H3,(H,21,23). The van der Waals surface area contributed by atoms with Crippen LogP contribution in [0.2, 0.25) is 0 Å². The van der Waals surface area contributed by atoms with Crippen molar-refractivity contribution in [1.29, 1.82) is 0 Å². The van der Waals surface area contributed by atoms with Crippen LogP contribution in [0.5, 0.6) is 11.5 Å². The molecule has 3 rings (SSSR count). The van der Waals surface area contributed by atoms with Crippen molar-refractivity contribution >= 4 is 44.5 Å². The van der Waals surface area contributed by atoms with Crippen LogP contribution >= 0.6 is 38.6 Å². The molecule has 2 heterocycles. The van der Waals surface area contributed by atoms with Crippen LogP contribution in [0, 0.1) is 0 Å². The third-order valence-corrected chi connectivity index (χ3v) is 6.56. The predicted molar refractivity (Wildman–Crippen MR) is 113 cm³/mol. The summed E-state index contributed by atoms with van der Waals surface area (Å²) in [4.78, 5) is 17.9. The minimum absolute atomic E-state index is 0.0328. The summed E-state index contributed by atoms with van der Waals surface area (Å²) in [5, 5.41) is 7.88. The molecule has 0 bridgehead atoms. The van der Waals surface area contributed by atoms with E-state index < -0.39 is 0 Å². The number of nitrogens with zero attached hydrogens (tertiary/aromatic N) is 1. The Hall–Kier alpha value is -1.90. The molecule has 3 aromatic rings. The van der Waals surface area contributed by atoms with E-state index in [4.69, 9.17) is 9.47 Å². The van der Waals surface area contributed by atoms with Crippen LogP contribution in [0.3, 0.4) is 0 Å². The number of hydrogen-bond acceptors (Lipinski definition) is 6. The minimum Gasteiger partial charge on any atom is -0.493 e. The lowest BCUT2D eigenvalue weighted by Gasteiger charge is -2.12. The number of carbonyl (C=O) groups excluding carboxylic acids is 1. The Kier molecular flexibility index (Phi) is 6.87. The summed E-state index contributed by atoms with van der Waals surface area (Å²) >= 11 is 6.76. The van der Waals surface area contributed by atoms with E-state index in [0.717, 1.165) is 25.6 Å². The summed E-state index contributed by atoms with van der Waals surface area (Å²) in [7, 11) is 3.21. The zero-order valence-electron chi connectivity index (χ0n) is 15.0. The summed E-state index contributed by atoms with van der Waals surface area (Å²) in [6.07, 6.45) is 0.971. The summed E-state index contributed by atoms with van der Waals surface area (Å²) in [5.41, 5.74) is 1.84. The zero-order chi connectivity index (χ0) is 19.2. The van der Waals surface area contributed by atoms with Crippen molar-refractivity contribution in [3.63, 3.8) is 0 Å². The normalized spacial score (nSPS) is 10.6. The number of rotatable bonds is 8. The van der Waals surface area contributed by atoms with Crippen LogP contribution in [0.1, 0.15) is 11.3 Å². The van der Waals surface area contributed by atoms with Crippen LogP contribution < -0.4 is 14.8 Å². The Morgan fingerprint density at radius 3 is 2.70 bits per heavy atom. The van der Waals surface area contributed by atoms with Gasteiger partial charge in [0.15, 0.2) is 11.5 Å². The summed E-state index contributed by atoms with van der Waals surface area (Å²) < 4.78 is 11.5. The lowest BCUT2D eigenvalue weighted by molar-refractivity contribution is -0.120. The molecule has 1 N–H and O–H groups in total. The average Bonchev–Trinajstić information content (AvgIpc) is 3.34. The number of nitrogens with one attached hydrogen (secondary N) is 1. The highest BCUT2D eigenvalue weighted by molar-refractivity contribution is 9.10. The van der Waals surface area contributed by atoms with Crippen LogP contribution in [0.15, 0.2) is 39.5 Å². The number of ether oxygens (including phenoxy) is 2. The Morgan fingerprint density at radius 2 is 2.00 bits per heavy atom. The van der Waals surface area contributed by atoms with Gasteiger partial charge in [-0.2, -0.15) is 0 Å². The molecule has 0 saturated carbocycles. The first-order chi connectivity index (χ1) is 13.1. The summed E-state index contributed by atoms with van der Waals surface area (Å²) in [5.74, 6) is 1.31. The van der Waals surface area contributed by atoms with Gasteiger partial charge in [-0.3, -0.25) is 4.79 Å². The van der Waals surface area contributed by atoms with E-state index in [2.05, 4.69) is 26.2 Å². The number of hydrogen-bond donors (Lipinski definition) is 1. The minimum atomic E-state index is -0.0328. The third-order valence-electron chi connectivity index (χ3n) is 3.89. The Balaban J connectivity index is 1.53. The number of methoxy groups -OCH3 is 2. The van der Waals surface area contributed by atoms with Gasteiger partial charge in [0.2, 0.25) is 5.91 Å². The zero-order valence-corrected chi connectivity index (χ0v) is 18.2. The molecule has 0 aliphatic heterocycles. The van der Waals surface area contributed by atoms with Crippen molar-refractivity contribution in [2.24, 2.45) is 0 Å².